The molecule has 10 heteroatoms. The normalized spacial score (nSPS) is 11.2. The summed E-state index contributed by atoms with van der Waals surface area (Å²) in [5.74, 6) is 0.741. The lowest BCUT2D eigenvalue weighted by molar-refractivity contribution is -0.115. The van der Waals surface area contributed by atoms with Crippen molar-refractivity contribution in [2.45, 2.75) is 6.92 Å². The molecule has 0 atom stereocenters. The third kappa shape index (κ3) is 5.57. The molecule has 190 valence electrons. The van der Waals surface area contributed by atoms with Crippen LogP contribution in [0.25, 0.3) is 40.0 Å². The van der Waals surface area contributed by atoms with Gasteiger partial charge in [0, 0.05) is 23.4 Å². The smallest absolute Gasteiger partial charge is 0.250 e. The fraction of sp³-hybridized carbons (Fsp3) is 0.0357. The summed E-state index contributed by atoms with van der Waals surface area (Å²) < 4.78 is 11.5. The van der Waals surface area contributed by atoms with Crippen LogP contribution in [0.15, 0.2) is 81.6 Å². The first-order chi connectivity index (χ1) is 18.3. The Labute approximate surface area is 232 Å². The first kappa shape index (κ1) is 25.5. The van der Waals surface area contributed by atoms with Crippen LogP contribution in [-0.4, -0.2) is 21.1 Å². The van der Waals surface area contributed by atoms with Crippen LogP contribution in [0.1, 0.15) is 11.3 Å². The number of amides is 1. The fourth-order valence-corrected chi connectivity index (χ4v) is 4.30. The fourth-order valence-electron chi connectivity index (χ4n) is 3.69. The van der Waals surface area contributed by atoms with E-state index >= 15 is 0 Å². The number of hydrogen-bond donors (Lipinski definition) is 3. The predicted octanol–water partition coefficient (Wildman–Crippen LogP) is 7.60. The van der Waals surface area contributed by atoms with Crippen LogP contribution in [0.3, 0.4) is 0 Å². The molecule has 0 aliphatic heterocycles. The van der Waals surface area contributed by atoms with Crippen molar-refractivity contribution >= 4 is 69.3 Å². The molecule has 5 rings (SSSR count). The molecule has 1 amide bonds. The summed E-state index contributed by atoms with van der Waals surface area (Å²) in [5, 5.41) is 16.8. The van der Waals surface area contributed by atoms with Gasteiger partial charge in [0.25, 0.3) is 0 Å². The van der Waals surface area contributed by atoms with Crippen LogP contribution in [0.5, 0.6) is 5.75 Å². The summed E-state index contributed by atoms with van der Waals surface area (Å²) in [5.41, 5.74) is 3.93. The van der Waals surface area contributed by atoms with Crippen molar-refractivity contribution in [1.29, 1.82) is 0 Å². The van der Waals surface area contributed by atoms with Gasteiger partial charge in [-0.15, -0.1) is 0 Å². The molecule has 0 unspecified atom stereocenters. The second-order valence-electron chi connectivity index (χ2n) is 8.30. The third-order valence-electron chi connectivity index (χ3n) is 5.51. The maximum Gasteiger partial charge on any atom is 0.250 e. The lowest BCUT2D eigenvalue weighted by Gasteiger charge is -2.09. The Morgan fingerprint density at radius 3 is 2.68 bits per heavy atom. The van der Waals surface area contributed by atoms with Gasteiger partial charge in [-0.2, -0.15) is 0 Å². The lowest BCUT2D eigenvalue weighted by Crippen LogP contribution is -2.32. The van der Waals surface area contributed by atoms with Crippen LogP contribution in [-0.2, 0) is 4.79 Å². The SMILES string of the molecule is Cc1ccc2nc(-c3ccc(NC(=S)NC(=O)C=Cc4ccc(-c5cccc(Cl)c5Cl)o4)cc3O)oc2c1. The Morgan fingerprint density at radius 2 is 1.87 bits per heavy atom. The van der Waals surface area contributed by atoms with Crippen molar-refractivity contribution in [1.82, 2.24) is 10.3 Å². The summed E-state index contributed by atoms with van der Waals surface area (Å²) in [7, 11) is 0. The number of benzene rings is 3. The van der Waals surface area contributed by atoms with E-state index in [1.807, 2.05) is 25.1 Å². The number of nitrogens with one attached hydrogen (secondary N) is 2. The number of thiocarbonyl (C=S) groups is 1. The number of oxazole rings is 1. The van der Waals surface area contributed by atoms with Gasteiger partial charge in [0.1, 0.15) is 22.8 Å². The van der Waals surface area contributed by atoms with Gasteiger partial charge in [0.05, 0.1) is 15.6 Å². The average molecular weight is 564 g/mol. The Balaban J connectivity index is 1.20. The zero-order valence-corrected chi connectivity index (χ0v) is 22.1. The van der Waals surface area contributed by atoms with Crippen LogP contribution < -0.4 is 10.6 Å². The molecule has 0 bridgehead atoms. The van der Waals surface area contributed by atoms with Crippen LogP contribution >= 0.6 is 35.4 Å². The minimum atomic E-state index is -0.469. The minimum absolute atomic E-state index is 0.0509. The van der Waals surface area contributed by atoms with Gasteiger partial charge in [0.15, 0.2) is 10.7 Å². The zero-order valence-electron chi connectivity index (χ0n) is 19.8. The summed E-state index contributed by atoms with van der Waals surface area (Å²) in [4.78, 5) is 16.8. The largest absolute Gasteiger partial charge is 0.507 e. The van der Waals surface area contributed by atoms with E-state index in [2.05, 4.69) is 15.6 Å². The number of rotatable bonds is 5. The van der Waals surface area contributed by atoms with Gasteiger partial charge >= 0.3 is 0 Å². The quantitative estimate of drug-likeness (QED) is 0.149. The van der Waals surface area contributed by atoms with Crippen molar-refractivity contribution < 1.29 is 18.7 Å². The number of nitrogens with zero attached hydrogens (tertiary/aromatic N) is 1. The zero-order chi connectivity index (χ0) is 26.8. The Kier molecular flexibility index (Phi) is 7.20. The topological polar surface area (TPSA) is 101 Å². The third-order valence-corrected chi connectivity index (χ3v) is 6.53. The van der Waals surface area contributed by atoms with E-state index in [4.69, 9.17) is 44.3 Å². The minimum Gasteiger partial charge on any atom is -0.507 e. The summed E-state index contributed by atoms with van der Waals surface area (Å²) in [6.07, 6.45) is 2.79. The number of carbonyl (C=O) groups is 1. The number of carbonyl (C=O) groups excluding carboxylic acids is 1. The van der Waals surface area contributed by atoms with E-state index in [1.54, 1.807) is 42.5 Å². The molecule has 2 heterocycles. The highest BCUT2D eigenvalue weighted by molar-refractivity contribution is 7.80. The number of phenols is 1. The number of aryl methyl sites for hydroxylation is 1. The Morgan fingerprint density at radius 1 is 1.03 bits per heavy atom. The first-order valence-corrected chi connectivity index (χ1v) is 12.5. The van der Waals surface area contributed by atoms with Gasteiger partial charge < -0.3 is 19.3 Å². The molecule has 38 heavy (non-hydrogen) atoms. The maximum atomic E-state index is 12.3. The highest BCUT2D eigenvalue weighted by Gasteiger charge is 2.14. The Hall–Kier alpha value is -4.11. The van der Waals surface area contributed by atoms with E-state index in [0.29, 0.717) is 55.4 Å². The molecule has 0 saturated carbocycles. The van der Waals surface area contributed by atoms with E-state index in [0.717, 1.165) is 5.56 Å². The van der Waals surface area contributed by atoms with Crippen LogP contribution in [0.4, 0.5) is 5.69 Å². The van der Waals surface area contributed by atoms with E-state index in [9.17, 15) is 9.90 Å². The number of anilines is 1. The Bertz CT molecular complexity index is 1720. The molecule has 2 aromatic heterocycles. The predicted molar refractivity (Wildman–Crippen MR) is 153 cm³/mol. The van der Waals surface area contributed by atoms with Crippen molar-refractivity contribution in [3.63, 3.8) is 0 Å². The average Bonchev–Trinajstić information content (AvgIpc) is 3.51. The molecule has 0 saturated heterocycles. The van der Waals surface area contributed by atoms with Gasteiger partial charge in [-0.1, -0.05) is 35.3 Å². The number of phenolic OH excluding ortho intramolecular Hbond substituents is 1. The standard InChI is InChI=1S/C28H19Cl2N3O4S/c1-15-5-10-21-24(13-15)37-27(32-21)18-9-6-16(14-22(18)34)31-28(38)33-25(35)12-8-17-7-11-23(36-17)19-3-2-4-20(29)26(19)30/h2-14,34H,1H3,(H2,31,33,35,38). The number of halogens is 2. The maximum absolute atomic E-state index is 12.3. The van der Waals surface area contributed by atoms with Gasteiger partial charge in [-0.05, 0) is 79.3 Å². The number of fused-ring (bicyclic) bond motifs is 1. The molecule has 7 nitrogen and oxygen atoms in total. The number of hydrogen-bond acceptors (Lipinski definition) is 6. The molecule has 0 fully saturated rings. The molecule has 0 spiro atoms. The molecule has 0 aliphatic rings. The van der Waals surface area contributed by atoms with Gasteiger partial charge in [-0.3, -0.25) is 10.1 Å². The number of aromatic hydroxyl groups is 1. The molecular formula is C28H19Cl2N3O4S. The van der Waals surface area contributed by atoms with E-state index in [1.165, 1.54) is 18.2 Å². The van der Waals surface area contributed by atoms with E-state index < -0.39 is 5.91 Å². The second kappa shape index (κ2) is 10.7. The second-order valence-corrected chi connectivity index (χ2v) is 9.50. The van der Waals surface area contributed by atoms with Crippen LogP contribution in [0.2, 0.25) is 10.0 Å². The van der Waals surface area contributed by atoms with Crippen molar-refractivity contribution in [2.75, 3.05) is 5.32 Å². The van der Waals surface area contributed by atoms with Crippen molar-refractivity contribution in [3.05, 3.63) is 94.2 Å². The molecule has 0 radical (unpaired) electrons. The van der Waals surface area contributed by atoms with Crippen molar-refractivity contribution in [3.8, 4) is 28.5 Å². The molecule has 3 aromatic carbocycles. The van der Waals surface area contributed by atoms with Crippen molar-refractivity contribution in [2.24, 2.45) is 0 Å². The van der Waals surface area contributed by atoms with Crippen LogP contribution in [0, 0.1) is 6.92 Å². The highest BCUT2D eigenvalue weighted by Crippen LogP contribution is 2.35. The number of aromatic nitrogens is 1. The summed E-state index contributed by atoms with van der Waals surface area (Å²) in [6, 6.07) is 19.2. The highest BCUT2D eigenvalue weighted by atomic mass is 35.5. The summed E-state index contributed by atoms with van der Waals surface area (Å²) >= 11 is 17.5. The molecular weight excluding hydrogens is 545 g/mol. The van der Waals surface area contributed by atoms with Gasteiger partial charge in [0.2, 0.25) is 11.8 Å². The monoisotopic (exact) mass is 563 g/mol. The molecule has 5 aromatic rings. The van der Waals surface area contributed by atoms with E-state index in [-0.39, 0.29) is 10.9 Å². The molecule has 3 N–H and O–H groups in total. The summed E-state index contributed by atoms with van der Waals surface area (Å²) in [6.45, 7) is 1.96. The number of furan rings is 1. The first-order valence-electron chi connectivity index (χ1n) is 11.3. The molecule has 0 aliphatic carbocycles. The lowest BCUT2D eigenvalue weighted by atomic mass is 10.2. The van der Waals surface area contributed by atoms with Gasteiger partial charge in [-0.25, -0.2) is 4.98 Å².